The summed E-state index contributed by atoms with van der Waals surface area (Å²) in [5.41, 5.74) is 4.98. The van der Waals surface area contributed by atoms with Crippen LogP contribution in [0, 0.1) is 0 Å². The molecular weight excluding hydrogens is 464 g/mol. The fourth-order valence-electron chi connectivity index (χ4n) is 6.14. The maximum Gasteiger partial charge on any atom is 0.329 e. The van der Waals surface area contributed by atoms with Crippen LogP contribution >= 0.6 is 0 Å². The molecule has 1 aliphatic heterocycles. The van der Waals surface area contributed by atoms with Gasteiger partial charge in [-0.25, -0.2) is 4.79 Å². The van der Waals surface area contributed by atoms with Crippen molar-refractivity contribution in [1.82, 2.24) is 19.0 Å². The van der Waals surface area contributed by atoms with Crippen molar-refractivity contribution in [3.63, 3.8) is 0 Å². The average molecular weight is 501 g/mol. The molecule has 2 fully saturated rings. The molecule has 1 aliphatic carbocycles. The highest BCUT2D eigenvalue weighted by atomic mass is 16.5. The van der Waals surface area contributed by atoms with Crippen molar-refractivity contribution in [1.29, 1.82) is 0 Å². The van der Waals surface area contributed by atoms with Crippen LogP contribution in [0.3, 0.4) is 0 Å². The van der Waals surface area contributed by atoms with Crippen LogP contribution in [-0.2, 0) is 11.8 Å². The van der Waals surface area contributed by atoms with Gasteiger partial charge in [0.1, 0.15) is 5.75 Å². The van der Waals surface area contributed by atoms with Crippen LogP contribution in [0.25, 0.3) is 33.1 Å². The highest BCUT2D eigenvalue weighted by Crippen LogP contribution is 2.36. The summed E-state index contributed by atoms with van der Waals surface area (Å²) in [6.07, 6.45) is 8.53. The fraction of sp³-hybridized carbons (Fsp3) is 0.467. The second-order valence-electron chi connectivity index (χ2n) is 10.5. The molecule has 2 aromatic heterocycles. The number of imidazole rings is 1. The molecule has 2 aromatic carbocycles. The second kappa shape index (κ2) is 10.3. The third-order valence-corrected chi connectivity index (χ3v) is 8.24. The van der Waals surface area contributed by atoms with Crippen LogP contribution < -0.4 is 10.4 Å². The molecule has 0 bridgehead atoms. The summed E-state index contributed by atoms with van der Waals surface area (Å²) in [4.78, 5) is 20.5. The van der Waals surface area contributed by atoms with Crippen molar-refractivity contribution in [2.24, 2.45) is 7.05 Å². The van der Waals surface area contributed by atoms with E-state index >= 15 is 0 Å². The first-order valence-corrected chi connectivity index (χ1v) is 13.6. The van der Waals surface area contributed by atoms with Crippen molar-refractivity contribution in [2.45, 2.75) is 50.7 Å². The number of aromatic nitrogens is 3. The summed E-state index contributed by atoms with van der Waals surface area (Å²) < 4.78 is 15.3. The fourth-order valence-corrected chi connectivity index (χ4v) is 6.14. The number of ether oxygens (including phenoxy) is 2. The molecule has 0 spiro atoms. The van der Waals surface area contributed by atoms with Gasteiger partial charge in [-0.3, -0.25) is 14.1 Å². The first-order chi connectivity index (χ1) is 18.1. The molecule has 194 valence electrons. The lowest BCUT2D eigenvalue weighted by atomic mass is 10.0. The van der Waals surface area contributed by atoms with Gasteiger partial charge in [-0.15, -0.1) is 0 Å². The number of hydrogen-bond acceptors (Lipinski definition) is 5. The van der Waals surface area contributed by atoms with Gasteiger partial charge >= 0.3 is 5.69 Å². The van der Waals surface area contributed by atoms with Crippen molar-refractivity contribution in [2.75, 3.05) is 33.4 Å². The highest BCUT2D eigenvalue weighted by Gasteiger charge is 2.29. The van der Waals surface area contributed by atoms with E-state index in [1.165, 1.54) is 25.9 Å². The number of hydrogen-bond donors (Lipinski definition) is 0. The molecule has 2 aliphatic rings. The van der Waals surface area contributed by atoms with Crippen molar-refractivity contribution in [3.05, 3.63) is 59.1 Å². The largest absolute Gasteiger partial charge is 0.494 e. The molecule has 6 rings (SSSR count). The molecule has 4 aromatic rings. The number of fused-ring (bicyclic) bond motifs is 3. The molecular formula is C30H36N4O3. The molecule has 7 nitrogen and oxygen atoms in total. The predicted molar refractivity (Wildman–Crippen MR) is 147 cm³/mol. The topological polar surface area (TPSA) is 61.5 Å². The Balaban J connectivity index is 1.27. The summed E-state index contributed by atoms with van der Waals surface area (Å²) in [5.74, 6) is 0.904. The number of likely N-dealkylation sites (tertiary alicyclic amines) is 1. The average Bonchev–Trinajstić information content (AvgIpc) is 3.68. The van der Waals surface area contributed by atoms with E-state index in [-0.39, 0.29) is 17.8 Å². The summed E-state index contributed by atoms with van der Waals surface area (Å²) >= 11 is 0. The second-order valence-corrected chi connectivity index (χ2v) is 10.5. The smallest absolute Gasteiger partial charge is 0.329 e. The molecule has 0 unspecified atom stereocenters. The summed E-state index contributed by atoms with van der Waals surface area (Å²) in [5, 5.41) is 1.01. The zero-order valence-corrected chi connectivity index (χ0v) is 21.9. The van der Waals surface area contributed by atoms with Gasteiger partial charge < -0.3 is 14.4 Å². The van der Waals surface area contributed by atoms with Crippen LogP contribution in [0.5, 0.6) is 5.75 Å². The van der Waals surface area contributed by atoms with E-state index in [0.29, 0.717) is 0 Å². The monoisotopic (exact) mass is 500 g/mol. The Morgan fingerprint density at radius 2 is 1.81 bits per heavy atom. The minimum Gasteiger partial charge on any atom is -0.494 e. The van der Waals surface area contributed by atoms with Crippen molar-refractivity contribution < 1.29 is 9.47 Å². The van der Waals surface area contributed by atoms with Crippen LogP contribution in [-0.4, -0.2) is 58.5 Å². The summed E-state index contributed by atoms with van der Waals surface area (Å²) in [7, 11) is 3.60. The number of aryl methyl sites for hydroxylation is 1. The lowest BCUT2D eigenvalue weighted by Crippen LogP contribution is -2.25. The lowest BCUT2D eigenvalue weighted by Gasteiger charge is -2.15. The van der Waals surface area contributed by atoms with Gasteiger partial charge in [-0.05, 0) is 87.0 Å². The van der Waals surface area contributed by atoms with Gasteiger partial charge in [0.25, 0.3) is 0 Å². The third kappa shape index (κ3) is 4.66. The zero-order chi connectivity index (χ0) is 25.4. The molecule has 1 saturated carbocycles. The minimum atomic E-state index is 0.0164. The molecule has 0 radical (unpaired) electrons. The van der Waals surface area contributed by atoms with E-state index in [4.69, 9.17) is 9.47 Å². The summed E-state index contributed by atoms with van der Waals surface area (Å²) in [6, 6.07) is 14.8. The van der Waals surface area contributed by atoms with Crippen LogP contribution in [0.4, 0.5) is 0 Å². The normalized spacial score (nSPS) is 20.4. The third-order valence-electron chi connectivity index (χ3n) is 8.24. The quantitative estimate of drug-likeness (QED) is 0.313. The van der Waals surface area contributed by atoms with E-state index < -0.39 is 0 Å². The van der Waals surface area contributed by atoms with Gasteiger partial charge in [0.05, 0.1) is 35.5 Å². The highest BCUT2D eigenvalue weighted by molar-refractivity contribution is 6.04. The van der Waals surface area contributed by atoms with Gasteiger partial charge in [-0.2, -0.15) is 0 Å². The molecule has 0 amide bonds. The molecule has 7 heteroatoms. The van der Waals surface area contributed by atoms with Gasteiger partial charge in [0.15, 0.2) is 0 Å². The SMILES string of the molecule is CO[C@@H]1CC[C@@H](n2c(=O)n(C)c3cnc4ccc(-c5ccc(OCCCN6CCCC6)cc5)cc4c32)C1. The Bertz CT molecular complexity index is 1450. The number of rotatable bonds is 8. The molecule has 1 saturated heterocycles. The van der Waals surface area contributed by atoms with E-state index in [9.17, 15) is 4.79 Å². The van der Waals surface area contributed by atoms with Gasteiger partial charge in [-0.1, -0.05) is 18.2 Å². The van der Waals surface area contributed by atoms with E-state index in [1.54, 1.807) is 11.7 Å². The minimum absolute atomic E-state index is 0.0164. The van der Waals surface area contributed by atoms with Crippen molar-refractivity contribution in [3.8, 4) is 16.9 Å². The zero-order valence-electron chi connectivity index (χ0n) is 21.9. The van der Waals surface area contributed by atoms with Crippen LogP contribution in [0.2, 0.25) is 0 Å². The Kier molecular flexibility index (Phi) is 6.74. The van der Waals surface area contributed by atoms with Crippen LogP contribution in [0.15, 0.2) is 53.5 Å². The maximum absolute atomic E-state index is 13.3. The number of benzene rings is 2. The molecule has 2 atom stereocenters. The lowest BCUT2D eigenvalue weighted by molar-refractivity contribution is 0.106. The number of pyridine rings is 1. The van der Waals surface area contributed by atoms with Crippen LogP contribution in [0.1, 0.15) is 44.6 Å². The molecule has 3 heterocycles. The predicted octanol–water partition coefficient (Wildman–Crippen LogP) is 5.16. The van der Waals surface area contributed by atoms with Crippen molar-refractivity contribution >= 4 is 21.9 Å². The van der Waals surface area contributed by atoms with E-state index in [0.717, 1.165) is 77.6 Å². The first-order valence-electron chi connectivity index (χ1n) is 13.6. The first kappa shape index (κ1) is 24.2. The van der Waals surface area contributed by atoms with Gasteiger partial charge in [0.2, 0.25) is 0 Å². The standard InChI is InChI=1S/C30H36N4O3/c1-32-28-20-31-27-13-8-22(18-26(27)29(28)34(30(32)35)23-9-12-25(19-23)36-2)21-6-10-24(11-7-21)37-17-5-16-33-14-3-4-15-33/h6-8,10-11,13,18,20,23,25H,3-5,9,12,14-17,19H2,1-2H3/t23-,25-/m1/s1. The Hall–Kier alpha value is -3.16. The Morgan fingerprint density at radius 1 is 1.03 bits per heavy atom. The Morgan fingerprint density at radius 3 is 2.57 bits per heavy atom. The van der Waals surface area contributed by atoms with Gasteiger partial charge in [0, 0.05) is 32.1 Å². The molecule has 0 N–H and O–H groups in total. The summed E-state index contributed by atoms with van der Waals surface area (Å²) in [6.45, 7) is 4.33. The Labute approximate surface area is 217 Å². The number of nitrogens with zero attached hydrogens (tertiary/aromatic N) is 4. The number of methoxy groups -OCH3 is 1. The van der Waals surface area contributed by atoms with E-state index in [2.05, 4.69) is 52.3 Å². The maximum atomic E-state index is 13.3. The van der Waals surface area contributed by atoms with E-state index in [1.807, 2.05) is 17.8 Å². The molecule has 37 heavy (non-hydrogen) atoms.